The molecule has 0 spiro atoms. The second kappa shape index (κ2) is 9.08. The molecule has 156 valence electrons. The average molecular weight is 414 g/mol. The molecule has 5 nitrogen and oxygen atoms in total. The molecule has 0 saturated carbocycles. The Bertz CT molecular complexity index is 879. The second-order valence-electron chi connectivity index (χ2n) is 8.42. The third-order valence-corrected chi connectivity index (χ3v) is 5.30. The van der Waals surface area contributed by atoms with Crippen molar-refractivity contribution in [1.29, 1.82) is 0 Å². The molecule has 1 aliphatic heterocycles. The first-order valence-electron chi connectivity index (χ1n) is 10.2. The lowest BCUT2D eigenvalue weighted by atomic mass is 9.99. The largest absolute Gasteiger partial charge is 0.444 e. The SMILES string of the molecule is CCc1nn(Cc2ccc(CS)cc2)cc1C1=CCN(C(=O)OC(C)(C)C)CC1. The van der Waals surface area contributed by atoms with Gasteiger partial charge in [0.1, 0.15) is 5.60 Å². The van der Waals surface area contributed by atoms with Crippen molar-refractivity contribution in [2.24, 2.45) is 0 Å². The molecule has 2 heterocycles. The summed E-state index contributed by atoms with van der Waals surface area (Å²) in [6.45, 7) is 9.80. The molecule has 0 bridgehead atoms. The van der Waals surface area contributed by atoms with Crippen LogP contribution in [0.1, 0.15) is 56.5 Å². The molecule has 6 heteroatoms. The van der Waals surface area contributed by atoms with E-state index in [0.717, 1.165) is 30.8 Å². The van der Waals surface area contributed by atoms with Crippen molar-refractivity contribution in [3.8, 4) is 0 Å². The maximum Gasteiger partial charge on any atom is 0.410 e. The Hall–Kier alpha value is -2.21. The van der Waals surface area contributed by atoms with E-state index < -0.39 is 5.60 Å². The smallest absolute Gasteiger partial charge is 0.410 e. The Morgan fingerprint density at radius 1 is 1.21 bits per heavy atom. The number of aromatic nitrogens is 2. The predicted molar refractivity (Wildman–Crippen MR) is 120 cm³/mol. The quantitative estimate of drug-likeness (QED) is 0.706. The molecule has 1 aliphatic rings. The molecule has 0 atom stereocenters. The third-order valence-electron chi connectivity index (χ3n) is 4.93. The van der Waals surface area contributed by atoms with E-state index in [4.69, 9.17) is 9.84 Å². The van der Waals surface area contributed by atoms with Crippen molar-refractivity contribution in [2.75, 3.05) is 13.1 Å². The van der Waals surface area contributed by atoms with Crippen LogP contribution in [-0.4, -0.2) is 39.5 Å². The summed E-state index contributed by atoms with van der Waals surface area (Å²) in [6, 6.07) is 8.50. The first kappa shape index (κ1) is 21.5. The summed E-state index contributed by atoms with van der Waals surface area (Å²) in [6.07, 6.45) is 5.72. The zero-order chi connectivity index (χ0) is 21.0. The Morgan fingerprint density at radius 3 is 2.45 bits per heavy atom. The van der Waals surface area contributed by atoms with Gasteiger partial charge in [-0.05, 0) is 50.3 Å². The lowest BCUT2D eigenvalue weighted by molar-refractivity contribution is 0.0270. The first-order valence-corrected chi connectivity index (χ1v) is 10.8. The van der Waals surface area contributed by atoms with Crippen molar-refractivity contribution in [3.05, 3.63) is 58.9 Å². The summed E-state index contributed by atoms with van der Waals surface area (Å²) in [4.78, 5) is 14.0. The van der Waals surface area contributed by atoms with E-state index in [-0.39, 0.29) is 6.09 Å². The van der Waals surface area contributed by atoms with Crippen LogP contribution in [0.5, 0.6) is 0 Å². The molecule has 1 aromatic heterocycles. The van der Waals surface area contributed by atoms with Crippen LogP contribution in [0.2, 0.25) is 0 Å². The van der Waals surface area contributed by atoms with Gasteiger partial charge in [-0.2, -0.15) is 17.7 Å². The molecule has 0 N–H and O–H groups in total. The molecule has 0 aliphatic carbocycles. The highest BCUT2D eigenvalue weighted by molar-refractivity contribution is 7.79. The van der Waals surface area contributed by atoms with Crippen LogP contribution in [0, 0.1) is 0 Å². The van der Waals surface area contributed by atoms with Gasteiger partial charge in [-0.3, -0.25) is 4.68 Å². The van der Waals surface area contributed by atoms with Gasteiger partial charge in [-0.25, -0.2) is 4.79 Å². The second-order valence-corrected chi connectivity index (χ2v) is 8.74. The van der Waals surface area contributed by atoms with E-state index >= 15 is 0 Å². The molecule has 29 heavy (non-hydrogen) atoms. The monoisotopic (exact) mass is 413 g/mol. The van der Waals surface area contributed by atoms with Crippen LogP contribution in [0.3, 0.4) is 0 Å². The van der Waals surface area contributed by atoms with E-state index in [1.165, 1.54) is 22.3 Å². The summed E-state index contributed by atoms with van der Waals surface area (Å²) in [5.74, 6) is 0.751. The minimum atomic E-state index is -0.470. The standard InChI is InChI=1S/C23H31N3O2S/c1-5-21-20(15-26(24-21)14-17-6-8-18(16-29)9-7-17)19-10-12-25(13-11-19)22(27)28-23(2,3)4/h6-10,15,29H,5,11-14,16H2,1-4H3. The molecule has 0 unspecified atom stereocenters. The van der Waals surface area contributed by atoms with Gasteiger partial charge < -0.3 is 9.64 Å². The molecule has 0 fully saturated rings. The topological polar surface area (TPSA) is 47.4 Å². The van der Waals surface area contributed by atoms with Gasteiger partial charge >= 0.3 is 6.09 Å². The minimum absolute atomic E-state index is 0.246. The van der Waals surface area contributed by atoms with E-state index in [0.29, 0.717) is 13.1 Å². The van der Waals surface area contributed by atoms with Crippen LogP contribution >= 0.6 is 12.6 Å². The van der Waals surface area contributed by atoms with Crippen LogP contribution in [0.25, 0.3) is 5.57 Å². The molecule has 0 saturated heterocycles. The molecule has 3 rings (SSSR count). The van der Waals surface area contributed by atoms with Crippen LogP contribution in [0.15, 0.2) is 36.5 Å². The van der Waals surface area contributed by atoms with E-state index in [1.54, 1.807) is 4.90 Å². The van der Waals surface area contributed by atoms with E-state index in [9.17, 15) is 4.79 Å². The molecular weight excluding hydrogens is 382 g/mol. The van der Waals surface area contributed by atoms with Crippen molar-refractivity contribution in [1.82, 2.24) is 14.7 Å². The van der Waals surface area contributed by atoms with Crippen LogP contribution in [-0.2, 0) is 23.5 Å². The number of aryl methyl sites for hydroxylation is 1. The first-order chi connectivity index (χ1) is 13.8. The highest BCUT2D eigenvalue weighted by atomic mass is 32.1. The number of nitrogens with zero attached hydrogens (tertiary/aromatic N) is 3. The van der Waals surface area contributed by atoms with Gasteiger partial charge in [-0.1, -0.05) is 37.3 Å². The average Bonchev–Trinajstić information content (AvgIpc) is 3.10. The van der Waals surface area contributed by atoms with E-state index in [1.807, 2.05) is 25.5 Å². The molecular formula is C23H31N3O2S. The predicted octanol–water partition coefficient (Wildman–Crippen LogP) is 4.95. The minimum Gasteiger partial charge on any atom is -0.444 e. The fourth-order valence-electron chi connectivity index (χ4n) is 3.41. The fraction of sp³-hybridized carbons (Fsp3) is 0.478. The fourth-order valence-corrected chi connectivity index (χ4v) is 3.63. The normalized spacial score (nSPS) is 14.7. The van der Waals surface area contributed by atoms with Crippen molar-refractivity contribution in [2.45, 2.75) is 58.4 Å². The van der Waals surface area contributed by atoms with Gasteiger partial charge in [0, 0.05) is 30.6 Å². The third kappa shape index (κ3) is 5.66. The van der Waals surface area contributed by atoms with Crippen molar-refractivity contribution in [3.63, 3.8) is 0 Å². The molecule has 2 aromatic rings. The number of thiol groups is 1. The molecule has 1 aromatic carbocycles. The maximum atomic E-state index is 12.3. The highest BCUT2D eigenvalue weighted by Crippen LogP contribution is 2.26. The van der Waals surface area contributed by atoms with Gasteiger partial charge in [0.05, 0.1) is 12.2 Å². The number of carbonyl (C=O) groups is 1. The van der Waals surface area contributed by atoms with Gasteiger partial charge in [0.15, 0.2) is 0 Å². The summed E-state index contributed by atoms with van der Waals surface area (Å²) in [5, 5.41) is 4.80. The summed E-state index contributed by atoms with van der Waals surface area (Å²) < 4.78 is 7.51. The molecule has 1 amide bonds. The number of ether oxygens (including phenoxy) is 1. The highest BCUT2D eigenvalue weighted by Gasteiger charge is 2.25. The number of hydrogen-bond donors (Lipinski definition) is 1. The zero-order valence-electron chi connectivity index (χ0n) is 17.8. The lowest BCUT2D eigenvalue weighted by Crippen LogP contribution is -2.39. The summed E-state index contributed by atoms with van der Waals surface area (Å²) in [5.41, 5.74) is 5.54. The number of amides is 1. The van der Waals surface area contributed by atoms with Crippen LogP contribution in [0.4, 0.5) is 4.79 Å². The van der Waals surface area contributed by atoms with Gasteiger partial charge in [-0.15, -0.1) is 0 Å². The van der Waals surface area contributed by atoms with Crippen molar-refractivity contribution < 1.29 is 9.53 Å². The number of carbonyl (C=O) groups excluding carboxylic acids is 1. The molecule has 0 radical (unpaired) electrons. The Labute approximate surface area is 179 Å². The lowest BCUT2D eigenvalue weighted by Gasteiger charge is -2.29. The van der Waals surface area contributed by atoms with E-state index in [2.05, 4.69) is 56.1 Å². The van der Waals surface area contributed by atoms with Crippen LogP contribution < -0.4 is 0 Å². The summed E-state index contributed by atoms with van der Waals surface area (Å²) >= 11 is 4.31. The van der Waals surface area contributed by atoms with Gasteiger partial charge in [0.25, 0.3) is 0 Å². The van der Waals surface area contributed by atoms with Crippen molar-refractivity contribution >= 4 is 24.3 Å². The Morgan fingerprint density at radius 2 is 1.90 bits per heavy atom. The number of benzene rings is 1. The number of rotatable bonds is 5. The Balaban J connectivity index is 1.71. The summed E-state index contributed by atoms with van der Waals surface area (Å²) in [7, 11) is 0. The number of hydrogen-bond acceptors (Lipinski definition) is 4. The Kier molecular flexibility index (Phi) is 6.73. The zero-order valence-corrected chi connectivity index (χ0v) is 18.7. The maximum absolute atomic E-state index is 12.3. The van der Waals surface area contributed by atoms with Gasteiger partial charge in [0.2, 0.25) is 0 Å².